The highest BCUT2D eigenvalue weighted by Crippen LogP contribution is 2.21. The summed E-state index contributed by atoms with van der Waals surface area (Å²) >= 11 is 0. The van der Waals surface area contributed by atoms with E-state index in [0.717, 1.165) is 0 Å². The van der Waals surface area contributed by atoms with E-state index < -0.39 is 23.4 Å². The number of anilines is 1. The predicted molar refractivity (Wildman–Crippen MR) is 91.7 cm³/mol. The molecule has 7 heteroatoms. The Bertz CT molecular complexity index is 597. The second-order valence-electron chi connectivity index (χ2n) is 6.87. The number of hydrogen-bond acceptors (Lipinski definition) is 3. The fourth-order valence-corrected chi connectivity index (χ4v) is 1.84. The molecular formula is C17H26FN3O3. The van der Waals surface area contributed by atoms with E-state index in [0.29, 0.717) is 5.75 Å². The standard InChI is InChI=1S/C17H26FN3O3/c1-10(2)24-12-7-8-14(13(18)9-12)20-16(23)19-11(3)15(22)21-17(4,5)6/h7-11H,1-6H3,(H,21,22)(H2,19,20,23)/t11-/m0/s1. The van der Waals surface area contributed by atoms with Crippen molar-refractivity contribution in [3.63, 3.8) is 0 Å². The van der Waals surface area contributed by atoms with E-state index in [4.69, 9.17) is 4.74 Å². The normalized spacial score (nSPS) is 12.5. The Morgan fingerprint density at radius 3 is 2.29 bits per heavy atom. The molecule has 0 aliphatic rings. The fourth-order valence-electron chi connectivity index (χ4n) is 1.84. The average Bonchev–Trinajstić information content (AvgIpc) is 2.39. The fraction of sp³-hybridized carbons (Fsp3) is 0.529. The van der Waals surface area contributed by atoms with Gasteiger partial charge in [-0.1, -0.05) is 0 Å². The zero-order valence-electron chi connectivity index (χ0n) is 15.0. The van der Waals surface area contributed by atoms with Crippen LogP contribution in [-0.2, 0) is 4.79 Å². The van der Waals surface area contributed by atoms with Crippen molar-refractivity contribution in [1.82, 2.24) is 10.6 Å². The first kappa shape index (κ1) is 19.7. The van der Waals surface area contributed by atoms with Gasteiger partial charge in [-0.3, -0.25) is 4.79 Å². The molecule has 1 rings (SSSR count). The predicted octanol–water partition coefficient (Wildman–Crippen LogP) is 3.04. The molecule has 3 N–H and O–H groups in total. The molecule has 3 amide bonds. The SMILES string of the molecule is CC(C)Oc1ccc(NC(=O)N[C@@H](C)C(=O)NC(C)(C)C)c(F)c1. The van der Waals surface area contributed by atoms with Gasteiger partial charge in [0.1, 0.15) is 17.6 Å². The van der Waals surface area contributed by atoms with Crippen molar-refractivity contribution in [3.05, 3.63) is 24.0 Å². The molecule has 0 unspecified atom stereocenters. The highest BCUT2D eigenvalue weighted by Gasteiger charge is 2.21. The number of halogens is 1. The van der Waals surface area contributed by atoms with Crippen molar-refractivity contribution in [2.75, 3.05) is 5.32 Å². The minimum absolute atomic E-state index is 0.00651. The maximum absolute atomic E-state index is 14.0. The highest BCUT2D eigenvalue weighted by atomic mass is 19.1. The minimum atomic E-state index is -0.754. The highest BCUT2D eigenvalue weighted by molar-refractivity contribution is 5.93. The maximum atomic E-state index is 14.0. The van der Waals surface area contributed by atoms with Crippen molar-refractivity contribution in [3.8, 4) is 5.75 Å². The first-order valence-electron chi connectivity index (χ1n) is 7.83. The number of nitrogens with one attached hydrogen (secondary N) is 3. The smallest absolute Gasteiger partial charge is 0.319 e. The Hall–Kier alpha value is -2.31. The van der Waals surface area contributed by atoms with Crippen LogP contribution in [0.5, 0.6) is 5.75 Å². The molecular weight excluding hydrogens is 313 g/mol. The van der Waals surface area contributed by atoms with Gasteiger partial charge in [0.05, 0.1) is 11.8 Å². The largest absolute Gasteiger partial charge is 0.491 e. The molecule has 0 aliphatic carbocycles. The molecule has 0 saturated heterocycles. The first-order chi connectivity index (χ1) is 11.0. The van der Waals surface area contributed by atoms with E-state index in [1.165, 1.54) is 12.1 Å². The van der Waals surface area contributed by atoms with Crippen LogP contribution >= 0.6 is 0 Å². The molecule has 6 nitrogen and oxygen atoms in total. The molecule has 1 atom stereocenters. The van der Waals surface area contributed by atoms with Crippen molar-refractivity contribution < 1.29 is 18.7 Å². The molecule has 1 aromatic carbocycles. The number of carbonyl (C=O) groups is 2. The number of rotatable bonds is 5. The number of urea groups is 1. The molecule has 0 aliphatic heterocycles. The number of amides is 3. The van der Waals surface area contributed by atoms with Gasteiger partial charge in [-0.25, -0.2) is 9.18 Å². The van der Waals surface area contributed by atoms with Gasteiger partial charge in [-0.15, -0.1) is 0 Å². The summed E-state index contributed by atoms with van der Waals surface area (Å²) < 4.78 is 19.4. The molecule has 134 valence electrons. The van der Waals surface area contributed by atoms with E-state index in [1.54, 1.807) is 13.0 Å². The second-order valence-corrected chi connectivity index (χ2v) is 6.87. The van der Waals surface area contributed by atoms with Gasteiger partial charge in [0.25, 0.3) is 0 Å². The number of carbonyl (C=O) groups excluding carboxylic acids is 2. The Labute approximate surface area is 142 Å². The third-order valence-corrected chi connectivity index (χ3v) is 2.80. The monoisotopic (exact) mass is 339 g/mol. The van der Waals surface area contributed by atoms with Crippen LogP contribution in [0.15, 0.2) is 18.2 Å². The quantitative estimate of drug-likeness (QED) is 0.771. The summed E-state index contributed by atoms with van der Waals surface area (Å²) in [6.45, 7) is 10.7. The molecule has 0 bridgehead atoms. The van der Waals surface area contributed by atoms with Crippen LogP contribution in [0.2, 0.25) is 0 Å². The lowest BCUT2D eigenvalue weighted by Gasteiger charge is -2.23. The summed E-state index contributed by atoms with van der Waals surface area (Å²) in [5.41, 5.74) is -0.394. The van der Waals surface area contributed by atoms with Crippen molar-refractivity contribution in [2.24, 2.45) is 0 Å². The van der Waals surface area contributed by atoms with Crippen LogP contribution in [0, 0.1) is 5.82 Å². The molecule has 0 radical (unpaired) electrons. The van der Waals surface area contributed by atoms with Crippen LogP contribution in [0.3, 0.4) is 0 Å². The van der Waals surface area contributed by atoms with E-state index in [9.17, 15) is 14.0 Å². The van der Waals surface area contributed by atoms with Crippen molar-refractivity contribution in [1.29, 1.82) is 0 Å². The van der Waals surface area contributed by atoms with Crippen LogP contribution in [-0.4, -0.2) is 29.6 Å². The van der Waals surface area contributed by atoms with Crippen LogP contribution in [0.4, 0.5) is 14.9 Å². The van der Waals surface area contributed by atoms with Crippen molar-refractivity contribution >= 4 is 17.6 Å². The molecule has 0 aromatic heterocycles. The lowest BCUT2D eigenvalue weighted by molar-refractivity contribution is -0.123. The molecule has 1 aromatic rings. The number of benzene rings is 1. The lowest BCUT2D eigenvalue weighted by Crippen LogP contribution is -2.51. The lowest BCUT2D eigenvalue weighted by atomic mass is 10.1. The molecule has 0 fully saturated rings. The third-order valence-electron chi connectivity index (χ3n) is 2.80. The number of hydrogen-bond donors (Lipinski definition) is 3. The van der Waals surface area contributed by atoms with Gasteiger partial charge in [0.2, 0.25) is 5.91 Å². The summed E-state index contributed by atoms with van der Waals surface area (Å²) in [7, 11) is 0. The van der Waals surface area contributed by atoms with Gasteiger partial charge in [0.15, 0.2) is 0 Å². The summed E-state index contributed by atoms with van der Waals surface area (Å²) in [6.07, 6.45) is -0.0753. The average molecular weight is 339 g/mol. The Morgan fingerprint density at radius 2 is 1.79 bits per heavy atom. The zero-order valence-corrected chi connectivity index (χ0v) is 15.0. The zero-order chi connectivity index (χ0) is 18.5. The summed E-state index contributed by atoms with van der Waals surface area (Å²) in [5, 5.41) is 7.60. The minimum Gasteiger partial charge on any atom is -0.491 e. The van der Waals surface area contributed by atoms with Crippen LogP contribution in [0.1, 0.15) is 41.5 Å². The Morgan fingerprint density at radius 1 is 1.17 bits per heavy atom. The van der Waals surface area contributed by atoms with E-state index in [1.807, 2.05) is 34.6 Å². The molecule has 0 saturated carbocycles. The van der Waals surface area contributed by atoms with E-state index >= 15 is 0 Å². The Balaban J connectivity index is 2.63. The van der Waals surface area contributed by atoms with Crippen LogP contribution in [0.25, 0.3) is 0 Å². The van der Waals surface area contributed by atoms with Gasteiger partial charge in [-0.05, 0) is 53.7 Å². The maximum Gasteiger partial charge on any atom is 0.319 e. The van der Waals surface area contributed by atoms with Gasteiger partial charge in [0, 0.05) is 11.6 Å². The summed E-state index contributed by atoms with van der Waals surface area (Å²) in [6, 6.07) is 2.76. The Kier molecular flexibility index (Phi) is 6.57. The topological polar surface area (TPSA) is 79.5 Å². The van der Waals surface area contributed by atoms with Crippen molar-refractivity contribution in [2.45, 2.75) is 59.2 Å². The van der Waals surface area contributed by atoms with Gasteiger partial charge < -0.3 is 20.7 Å². The molecule has 24 heavy (non-hydrogen) atoms. The first-order valence-corrected chi connectivity index (χ1v) is 7.83. The summed E-state index contributed by atoms with van der Waals surface area (Å²) in [4.78, 5) is 23.8. The number of ether oxygens (including phenoxy) is 1. The van der Waals surface area contributed by atoms with E-state index in [-0.39, 0.29) is 17.7 Å². The molecule has 0 heterocycles. The summed E-state index contributed by atoms with van der Waals surface area (Å²) in [5.74, 6) is -0.555. The molecule has 0 spiro atoms. The second kappa shape index (κ2) is 7.99. The third kappa shape index (κ3) is 6.85. The van der Waals surface area contributed by atoms with Gasteiger partial charge >= 0.3 is 6.03 Å². The van der Waals surface area contributed by atoms with E-state index in [2.05, 4.69) is 16.0 Å². The van der Waals surface area contributed by atoms with Gasteiger partial charge in [-0.2, -0.15) is 0 Å². The van der Waals surface area contributed by atoms with Crippen LogP contribution < -0.4 is 20.7 Å².